The van der Waals surface area contributed by atoms with E-state index < -0.39 is 9.84 Å². The zero-order chi connectivity index (χ0) is 28.3. The lowest BCUT2D eigenvalue weighted by atomic mass is 10.1. The first-order valence-electron chi connectivity index (χ1n) is 13.0. The Bertz CT molecular complexity index is 1760. The van der Waals surface area contributed by atoms with Gasteiger partial charge in [-0.3, -0.25) is 0 Å². The third-order valence-electron chi connectivity index (χ3n) is 6.75. The van der Waals surface area contributed by atoms with Crippen molar-refractivity contribution >= 4 is 62.4 Å². The molecule has 0 aliphatic carbocycles. The molecule has 9 nitrogen and oxygen atoms in total. The van der Waals surface area contributed by atoms with Crippen LogP contribution in [0.3, 0.4) is 0 Å². The second kappa shape index (κ2) is 12.6. The highest BCUT2D eigenvalue weighted by Gasteiger charge is 2.13. The number of hydrogen-bond acceptors (Lipinski definition) is 8. The highest BCUT2D eigenvalue weighted by Crippen LogP contribution is 2.28. The predicted octanol–water partition coefficient (Wildman–Crippen LogP) is 5.80. The Morgan fingerprint density at radius 1 is 0.951 bits per heavy atom. The second-order valence-corrected chi connectivity index (χ2v) is 12.3. The Morgan fingerprint density at radius 2 is 1.73 bits per heavy atom. The summed E-state index contributed by atoms with van der Waals surface area (Å²) < 4.78 is 25.1. The van der Waals surface area contributed by atoms with E-state index in [2.05, 4.69) is 57.4 Å². The molecule has 0 saturated carbocycles. The monoisotopic (exact) mass is 591 g/mol. The fraction of sp³-hybridized carbons (Fsp3) is 0.233. The molecule has 2 N–H and O–H groups in total. The van der Waals surface area contributed by atoms with Crippen LogP contribution >= 0.6 is 12.4 Å². The van der Waals surface area contributed by atoms with E-state index in [4.69, 9.17) is 9.97 Å². The Labute approximate surface area is 247 Å². The number of benzene rings is 3. The molecule has 0 bridgehead atoms. The number of aromatic nitrogens is 4. The summed E-state index contributed by atoms with van der Waals surface area (Å²) in [6, 6.07) is 24.1. The normalized spacial score (nSPS) is 11.2. The molecule has 2 aromatic heterocycles. The summed E-state index contributed by atoms with van der Waals surface area (Å²) in [5.74, 6) is 2.09. The fourth-order valence-electron chi connectivity index (χ4n) is 4.41. The summed E-state index contributed by atoms with van der Waals surface area (Å²) in [5.41, 5.74) is 7.04. The summed E-state index contributed by atoms with van der Waals surface area (Å²) in [6.45, 7) is 2.78. The zero-order valence-corrected chi connectivity index (χ0v) is 25.1. The number of nitrogens with zero attached hydrogens (tertiary/aromatic N) is 5. The second-order valence-electron chi connectivity index (χ2n) is 10.0. The van der Waals surface area contributed by atoms with Gasteiger partial charge in [-0.25, -0.2) is 18.4 Å². The fourth-order valence-corrected chi connectivity index (χ4v) is 5.01. The molecule has 11 heteroatoms. The van der Waals surface area contributed by atoms with Crippen molar-refractivity contribution in [1.82, 2.24) is 19.5 Å². The van der Waals surface area contributed by atoms with E-state index in [-0.39, 0.29) is 18.2 Å². The van der Waals surface area contributed by atoms with Crippen LogP contribution < -0.4 is 15.5 Å². The standard InChI is InChI=1S/C30H33N7O2S.ClH/c1-21-8-10-23(11-9-21)20-32-30-34-26-19-25(12-13-27(26)37(30)3)36(2)28-14-16-31-29(35-28)33-24-7-5-6-22(18-24)15-17-40(4,38)39;/h5-14,16,18-19H,15,17,20H2,1-4H3,(H,32,34)(H,31,33,35);1H. The number of imidazole rings is 1. The lowest BCUT2D eigenvalue weighted by Gasteiger charge is -2.19. The number of hydrogen-bond donors (Lipinski definition) is 2. The molecule has 0 spiro atoms. The molecule has 0 atom stereocenters. The van der Waals surface area contributed by atoms with Crippen LogP contribution in [0, 0.1) is 6.92 Å². The van der Waals surface area contributed by atoms with Crippen LogP contribution in [0.1, 0.15) is 16.7 Å². The average Bonchev–Trinajstić information content (AvgIpc) is 3.25. The zero-order valence-electron chi connectivity index (χ0n) is 23.5. The third kappa shape index (κ3) is 7.53. The number of aryl methyl sites for hydroxylation is 3. The largest absolute Gasteiger partial charge is 0.352 e. The van der Waals surface area contributed by atoms with Gasteiger partial charge in [-0.15, -0.1) is 12.4 Å². The van der Waals surface area contributed by atoms with Gasteiger partial charge in [0, 0.05) is 44.5 Å². The van der Waals surface area contributed by atoms with E-state index in [1.165, 1.54) is 17.4 Å². The molecular formula is C30H34ClN7O2S. The number of sulfone groups is 1. The first kappa shape index (κ1) is 29.8. The number of rotatable bonds is 10. The minimum absolute atomic E-state index is 0. The van der Waals surface area contributed by atoms with Crippen LogP contribution in [-0.2, 0) is 29.9 Å². The molecule has 214 valence electrons. The van der Waals surface area contributed by atoms with E-state index in [0.29, 0.717) is 18.9 Å². The van der Waals surface area contributed by atoms with Crippen LogP contribution in [-0.4, -0.2) is 47.0 Å². The van der Waals surface area contributed by atoms with Crippen molar-refractivity contribution in [3.63, 3.8) is 0 Å². The molecule has 41 heavy (non-hydrogen) atoms. The maximum atomic E-state index is 11.5. The van der Waals surface area contributed by atoms with Gasteiger partial charge in [-0.05, 0) is 60.9 Å². The summed E-state index contributed by atoms with van der Waals surface area (Å²) in [6.07, 6.45) is 3.41. The lowest BCUT2D eigenvalue weighted by Crippen LogP contribution is -2.12. The van der Waals surface area contributed by atoms with E-state index >= 15 is 0 Å². The predicted molar refractivity (Wildman–Crippen MR) is 170 cm³/mol. The number of nitrogens with one attached hydrogen (secondary N) is 2. The van der Waals surface area contributed by atoms with Gasteiger partial charge < -0.3 is 20.1 Å². The SMILES string of the molecule is Cc1ccc(CNc2nc3cc(N(C)c4ccnc(Nc5cccc(CCS(C)(=O)=O)c5)n4)ccc3n2C)cc1.Cl. The van der Waals surface area contributed by atoms with Crippen molar-refractivity contribution in [2.45, 2.75) is 19.9 Å². The maximum absolute atomic E-state index is 11.5. The first-order valence-corrected chi connectivity index (χ1v) is 15.1. The molecule has 0 unspecified atom stereocenters. The number of halogens is 1. The Morgan fingerprint density at radius 3 is 2.49 bits per heavy atom. The maximum Gasteiger partial charge on any atom is 0.229 e. The van der Waals surface area contributed by atoms with Crippen molar-refractivity contribution in [3.8, 4) is 0 Å². The van der Waals surface area contributed by atoms with Crippen molar-refractivity contribution in [3.05, 3.63) is 95.7 Å². The Balaban J connectivity index is 0.00000387. The van der Waals surface area contributed by atoms with Crippen LogP contribution in [0.5, 0.6) is 0 Å². The Kier molecular flexibility index (Phi) is 9.14. The van der Waals surface area contributed by atoms with Gasteiger partial charge in [0.1, 0.15) is 15.7 Å². The minimum Gasteiger partial charge on any atom is -0.352 e. The molecule has 0 saturated heterocycles. The van der Waals surface area contributed by atoms with Crippen molar-refractivity contribution < 1.29 is 8.42 Å². The molecule has 0 radical (unpaired) electrons. The van der Waals surface area contributed by atoms with Crippen molar-refractivity contribution in [2.24, 2.45) is 7.05 Å². The van der Waals surface area contributed by atoms with E-state index in [0.717, 1.165) is 39.7 Å². The highest BCUT2D eigenvalue weighted by molar-refractivity contribution is 7.90. The molecule has 2 heterocycles. The van der Waals surface area contributed by atoms with Crippen LogP contribution in [0.25, 0.3) is 11.0 Å². The molecule has 0 amide bonds. The van der Waals surface area contributed by atoms with E-state index in [9.17, 15) is 8.42 Å². The van der Waals surface area contributed by atoms with Crippen molar-refractivity contribution in [2.75, 3.05) is 34.6 Å². The third-order valence-corrected chi connectivity index (χ3v) is 7.70. The smallest absolute Gasteiger partial charge is 0.229 e. The summed E-state index contributed by atoms with van der Waals surface area (Å²) in [5, 5.41) is 6.68. The summed E-state index contributed by atoms with van der Waals surface area (Å²) in [7, 11) is 0.939. The van der Waals surface area contributed by atoms with E-state index in [1.54, 1.807) is 6.20 Å². The van der Waals surface area contributed by atoms with Crippen LogP contribution in [0.4, 0.5) is 29.1 Å². The molecule has 5 rings (SSSR count). The summed E-state index contributed by atoms with van der Waals surface area (Å²) >= 11 is 0. The minimum atomic E-state index is -3.03. The summed E-state index contributed by atoms with van der Waals surface area (Å²) in [4.78, 5) is 15.9. The number of anilines is 5. The highest BCUT2D eigenvalue weighted by atomic mass is 35.5. The lowest BCUT2D eigenvalue weighted by molar-refractivity contribution is 0.601. The Hall–Kier alpha value is -4.15. The first-order chi connectivity index (χ1) is 19.1. The molecule has 3 aromatic carbocycles. The molecule has 0 aliphatic rings. The van der Waals surface area contributed by atoms with Gasteiger partial charge in [0.05, 0.1) is 16.8 Å². The van der Waals surface area contributed by atoms with Gasteiger partial charge in [0.15, 0.2) is 0 Å². The van der Waals surface area contributed by atoms with E-state index in [1.807, 2.05) is 61.5 Å². The van der Waals surface area contributed by atoms with Crippen LogP contribution in [0.15, 0.2) is 79.0 Å². The molecule has 0 fully saturated rings. The van der Waals surface area contributed by atoms with Crippen LogP contribution in [0.2, 0.25) is 0 Å². The van der Waals surface area contributed by atoms with Gasteiger partial charge in [-0.1, -0.05) is 42.0 Å². The molecular weight excluding hydrogens is 558 g/mol. The topological polar surface area (TPSA) is 105 Å². The van der Waals surface area contributed by atoms with Gasteiger partial charge in [0.2, 0.25) is 11.9 Å². The van der Waals surface area contributed by atoms with Crippen molar-refractivity contribution in [1.29, 1.82) is 0 Å². The molecule has 5 aromatic rings. The van der Waals surface area contributed by atoms with Gasteiger partial charge in [0.25, 0.3) is 0 Å². The van der Waals surface area contributed by atoms with Gasteiger partial charge in [-0.2, -0.15) is 4.98 Å². The molecule has 0 aliphatic heterocycles. The number of fused-ring (bicyclic) bond motifs is 1. The average molecular weight is 592 g/mol. The van der Waals surface area contributed by atoms with Gasteiger partial charge >= 0.3 is 0 Å². The quantitative estimate of drug-likeness (QED) is 0.210.